The van der Waals surface area contributed by atoms with Gasteiger partial charge in [-0.2, -0.15) is 0 Å². The first-order valence-electron chi connectivity index (χ1n) is 11.0. The molecule has 0 radical (unpaired) electrons. The number of aliphatic hydroxyl groups excluding tert-OH is 1. The van der Waals surface area contributed by atoms with Crippen LogP contribution >= 0.6 is 0 Å². The van der Waals surface area contributed by atoms with Crippen LogP contribution in [-0.4, -0.2) is 45.0 Å². The van der Waals surface area contributed by atoms with Crippen molar-refractivity contribution in [2.75, 3.05) is 13.2 Å². The fourth-order valence-electron chi connectivity index (χ4n) is 3.42. The summed E-state index contributed by atoms with van der Waals surface area (Å²) in [7, 11) is -1.72. The molecule has 2 nitrogen and oxygen atoms in total. The van der Waals surface area contributed by atoms with E-state index < -0.39 is 26.7 Å². The average molecular weight is 491 g/mol. The van der Waals surface area contributed by atoms with Crippen molar-refractivity contribution >= 4 is 26.7 Å². The molecule has 156 valence electrons. The first-order valence-corrected chi connectivity index (χ1v) is 21.4. The molecule has 0 aliphatic carbocycles. The van der Waals surface area contributed by atoms with E-state index >= 15 is 0 Å². The Morgan fingerprint density at radius 3 is 1.65 bits per heavy atom. The van der Waals surface area contributed by atoms with Gasteiger partial charge in [0.25, 0.3) is 0 Å². The summed E-state index contributed by atoms with van der Waals surface area (Å²) in [4.78, 5) is 0. The monoisotopic (exact) mass is 492 g/mol. The van der Waals surface area contributed by atoms with Gasteiger partial charge in [0.1, 0.15) is 0 Å². The van der Waals surface area contributed by atoms with Gasteiger partial charge >= 0.3 is 171 Å². The third-order valence-electron chi connectivity index (χ3n) is 6.46. The quantitative estimate of drug-likeness (QED) is 0.258. The van der Waals surface area contributed by atoms with Crippen molar-refractivity contribution in [1.82, 2.24) is 0 Å². The molecule has 0 fully saturated rings. The van der Waals surface area contributed by atoms with Crippen LogP contribution in [0, 0.1) is 0 Å². The summed E-state index contributed by atoms with van der Waals surface area (Å²) in [5.74, 6) is 0. The molecule has 0 aromatic carbocycles. The molecular formula is C22H48O2SiSn. The van der Waals surface area contributed by atoms with Crippen molar-refractivity contribution < 1.29 is 9.53 Å². The summed E-state index contributed by atoms with van der Waals surface area (Å²) in [6, 6.07) is 0. The van der Waals surface area contributed by atoms with E-state index in [1.165, 1.54) is 55.4 Å². The van der Waals surface area contributed by atoms with Crippen molar-refractivity contribution in [3.63, 3.8) is 0 Å². The van der Waals surface area contributed by atoms with E-state index in [-0.39, 0.29) is 11.6 Å². The van der Waals surface area contributed by atoms with Crippen LogP contribution in [0.3, 0.4) is 0 Å². The number of aliphatic hydroxyl groups is 1. The number of hydrogen-bond acceptors (Lipinski definition) is 2. The minimum absolute atomic E-state index is 0.243. The van der Waals surface area contributed by atoms with E-state index in [0.717, 1.165) is 0 Å². The Hall–Kier alpha value is 0.676. The summed E-state index contributed by atoms with van der Waals surface area (Å²) >= 11 is -2.48. The number of hydrogen-bond donors (Lipinski definition) is 1. The average Bonchev–Trinajstić information content (AvgIpc) is 2.57. The van der Waals surface area contributed by atoms with Gasteiger partial charge in [0.15, 0.2) is 0 Å². The van der Waals surface area contributed by atoms with Gasteiger partial charge in [-0.1, -0.05) is 0 Å². The standard InChI is InChI=1S/C10H21O2Si.3C4H9.Sn/c1-10(2,3)13(4,5)12-9-7-6-8-11;3*1-3-4-2;/h7,11H,8-9H2,1-5H3;3*1,3-4H2,2H3;. The molecular weight excluding hydrogens is 443 g/mol. The zero-order chi connectivity index (χ0) is 20.3. The third-order valence-corrected chi connectivity index (χ3v) is 27.1. The number of unbranched alkanes of at least 4 members (excludes halogenated alkanes) is 3. The van der Waals surface area contributed by atoms with Crippen LogP contribution in [0.1, 0.15) is 80.1 Å². The summed E-state index contributed by atoms with van der Waals surface area (Å²) in [5, 5.41) is 10.5. The second-order valence-electron chi connectivity index (χ2n) is 9.55. The predicted octanol–water partition coefficient (Wildman–Crippen LogP) is 7.32. The second-order valence-corrected chi connectivity index (χ2v) is 27.8. The molecule has 0 saturated carbocycles. The van der Waals surface area contributed by atoms with Crippen LogP contribution in [0.5, 0.6) is 0 Å². The van der Waals surface area contributed by atoms with Crippen molar-refractivity contribution in [1.29, 1.82) is 0 Å². The Bertz CT molecular complexity index is 378. The van der Waals surface area contributed by atoms with Gasteiger partial charge < -0.3 is 0 Å². The van der Waals surface area contributed by atoms with E-state index in [9.17, 15) is 5.11 Å². The SMILES string of the molecule is CCC[CH2][Sn]([CH2]CCC)([CH2]CCC)/[C](=C/CO[Si](C)(C)C(C)(C)C)CO. The van der Waals surface area contributed by atoms with E-state index in [1.54, 1.807) is 0 Å². The van der Waals surface area contributed by atoms with Gasteiger partial charge in [-0.05, 0) is 0 Å². The Kier molecular flexibility index (Phi) is 13.3. The van der Waals surface area contributed by atoms with Gasteiger partial charge in [0, 0.05) is 0 Å². The maximum atomic E-state index is 10.3. The molecule has 0 aromatic heterocycles. The molecule has 0 heterocycles. The van der Waals surface area contributed by atoms with Crippen molar-refractivity contribution in [2.45, 2.75) is 112 Å². The summed E-state index contributed by atoms with van der Waals surface area (Å²) in [6.45, 7) is 19.4. The van der Waals surface area contributed by atoms with Crippen molar-refractivity contribution in [3.8, 4) is 0 Å². The third kappa shape index (κ3) is 8.79. The maximum absolute atomic E-state index is 10.3. The van der Waals surface area contributed by atoms with Gasteiger partial charge in [0.05, 0.1) is 0 Å². The Morgan fingerprint density at radius 1 is 0.923 bits per heavy atom. The summed E-state index contributed by atoms with van der Waals surface area (Å²) in [5.41, 5.74) is 0. The molecule has 0 rings (SSSR count). The van der Waals surface area contributed by atoms with Gasteiger partial charge in [0.2, 0.25) is 0 Å². The van der Waals surface area contributed by atoms with Crippen LogP contribution in [0.25, 0.3) is 0 Å². The van der Waals surface area contributed by atoms with E-state index in [2.05, 4.69) is 60.7 Å². The molecule has 26 heavy (non-hydrogen) atoms. The zero-order valence-electron chi connectivity index (χ0n) is 19.2. The molecule has 0 aliphatic heterocycles. The molecule has 0 spiro atoms. The molecule has 0 aromatic rings. The summed E-state index contributed by atoms with van der Waals surface area (Å²) < 4.78 is 12.1. The normalized spacial score (nSPS) is 14.1. The Labute approximate surface area is 170 Å². The van der Waals surface area contributed by atoms with Crippen LogP contribution < -0.4 is 0 Å². The molecule has 0 saturated heterocycles. The molecule has 0 atom stereocenters. The van der Waals surface area contributed by atoms with Gasteiger partial charge in [-0.3, -0.25) is 0 Å². The predicted molar refractivity (Wildman–Crippen MR) is 123 cm³/mol. The van der Waals surface area contributed by atoms with E-state index in [1.807, 2.05) is 0 Å². The molecule has 0 aliphatic rings. The first-order chi connectivity index (χ1) is 12.1. The fraction of sp³-hybridized carbons (Fsp3) is 0.909. The number of rotatable bonds is 14. The molecule has 0 unspecified atom stereocenters. The van der Waals surface area contributed by atoms with Gasteiger partial charge in [-0.15, -0.1) is 0 Å². The van der Waals surface area contributed by atoms with Gasteiger partial charge in [-0.25, -0.2) is 0 Å². The van der Waals surface area contributed by atoms with E-state index in [0.29, 0.717) is 6.61 Å². The van der Waals surface area contributed by atoms with Crippen molar-refractivity contribution in [2.24, 2.45) is 0 Å². The molecule has 4 heteroatoms. The summed E-state index contributed by atoms with van der Waals surface area (Å²) in [6.07, 6.45) is 10.2. The van der Waals surface area contributed by atoms with Crippen molar-refractivity contribution in [3.05, 3.63) is 9.67 Å². The molecule has 1 N–H and O–H groups in total. The van der Waals surface area contributed by atoms with Crippen LogP contribution in [-0.2, 0) is 4.43 Å². The fourth-order valence-corrected chi connectivity index (χ4v) is 20.5. The second kappa shape index (κ2) is 13.0. The van der Waals surface area contributed by atoms with Crippen LogP contribution in [0.15, 0.2) is 9.67 Å². The Balaban J connectivity index is 5.45. The van der Waals surface area contributed by atoms with Crippen LogP contribution in [0.2, 0.25) is 31.4 Å². The van der Waals surface area contributed by atoms with Crippen LogP contribution in [0.4, 0.5) is 0 Å². The zero-order valence-corrected chi connectivity index (χ0v) is 23.1. The first kappa shape index (κ1) is 26.7. The minimum atomic E-state index is -2.48. The molecule has 0 bridgehead atoms. The van der Waals surface area contributed by atoms with E-state index in [4.69, 9.17) is 4.43 Å². The molecule has 0 amide bonds. The topological polar surface area (TPSA) is 29.5 Å². The Morgan fingerprint density at radius 2 is 1.35 bits per heavy atom.